The number of hydrogen-bond acceptors (Lipinski definition) is 6. The lowest BCUT2D eigenvalue weighted by molar-refractivity contribution is -0.384. The predicted molar refractivity (Wildman–Crippen MR) is 73.8 cm³/mol. The summed E-state index contributed by atoms with van der Waals surface area (Å²) < 4.78 is 18.1. The number of halogens is 1. The minimum absolute atomic E-state index is 0.00468. The molecule has 0 aliphatic carbocycles. The third-order valence-corrected chi connectivity index (χ3v) is 2.78. The second-order valence-corrected chi connectivity index (χ2v) is 4.73. The Morgan fingerprint density at radius 2 is 2.14 bits per heavy atom. The van der Waals surface area contributed by atoms with Crippen LogP contribution in [0.25, 0.3) is 0 Å². The maximum absolute atomic E-state index is 13.7. The van der Waals surface area contributed by atoms with Crippen molar-refractivity contribution in [3.05, 3.63) is 33.6 Å². The topological polar surface area (TPSA) is 102 Å². The molecule has 0 bridgehead atoms. The normalized spacial score (nSPS) is 13.4. The van der Waals surface area contributed by atoms with Crippen molar-refractivity contribution in [2.75, 3.05) is 12.4 Å². The van der Waals surface area contributed by atoms with E-state index in [1.165, 1.54) is 0 Å². The van der Waals surface area contributed by atoms with E-state index in [0.29, 0.717) is 12.5 Å². The fourth-order valence-electron chi connectivity index (χ4n) is 1.93. The highest BCUT2D eigenvalue weighted by Crippen LogP contribution is 2.29. The third kappa shape index (κ3) is 4.38. The Balaban J connectivity index is 3.20. The number of carbonyl (C=O) groups excluding carboxylic acids is 1. The molecule has 0 saturated heterocycles. The monoisotopic (exact) mass is 300 g/mol. The summed E-state index contributed by atoms with van der Waals surface area (Å²) in [5.74, 6) is -1.95. The Hall–Kier alpha value is -2.22. The van der Waals surface area contributed by atoms with Crippen molar-refractivity contribution in [1.29, 1.82) is 0 Å². The fraction of sp³-hybridized carbons (Fsp3) is 0.462. The first-order valence-electron chi connectivity index (χ1n) is 6.27. The third-order valence-electron chi connectivity index (χ3n) is 2.78. The molecule has 2 atom stereocenters. The maximum Gasteiger partial charge on any atom is 0.340 e. The molecular weight excluding hydrogens is 283 g/mol. The lowest BCUT2D eigenvalue weighted by Crippen LogP contribution is -2.21. The van der Waals surface area contributed by atoms with Crippen LogP contribution in [0.15, 0.2) is 12.1 Å². The van der Waals surface area contributed by atoms with E-state index in [1.54, 1.807) is 13.8 Å². The van der Waals surface area contributed by atoms with Crippen molar-refractivity contribution in [1.82, 2.24) is 0 Å². The van der Waals surface area contributed by atoms with Gasteiger partial charge in [0.1, 0.15) is 11.5 Å². The first-order valence-corrected chi connectivity index (χ1v) is 6.27. The van der Waals surface area contributed by atoms with E-state index < -0.39 is 34.1 Å². The van der Waals surface area contributed by atoms with Crippen molar-refractivity contribution in [3.8, 4) is 0 Å². The molecule has 1 aromatic carbocycles. The van der Waals surface area contributed by atoms with Crippen LogP contribution in [0.3, 0.4) is 0 Å². The van der Waals surface area contributed by atoms with E-state index in [0.717, 1.165) is 13.2 Å². The molecule has 21 heavy (non-hydrogen) atoms. The van der Waals surface area contributed by atoms with Crippen molar-refractivity contribution >= 4 is 17.3 Å². The molecule has 0 spiro atoms. The van der Waals surface area contributed by atoms with Gasteiger partial charge in [0, 0.05) is 6.04 Å². The molecule has 0 amide bonds. The van der Waals surface area contributed by atoms with Crippen LogP contribution in [0.5, 0.6) is 0 Å². The van der Waals surface area contributed by atoms with Crippen LogP contribution >= 0.6 is 0 Å². The average Bonchev–Trinajstić information content (AvgIpc) is 2.38. The number of nitrogens with zero attached hydrogens (tertiary/aromatic N) is 1. The Labute approximate surface area is 120 Å². The summed E-state index contributed by atoms with van der Waals surface area (Å²) in [5.41, 5.74) is -0.887. The summed E-state index contributed by atoms with van der Waals surface area (Å²) in [6, 6.07) is 1.40. The molecule has 1 aromatic rings. The number of methoxy groups -OCH3 is 1. The maximum atomic E-state index is 13.7. The van der Waals surface area contributed by atoms with Crippen molar-refractivity contribution in [3.63, 3.8) is 0 Å². The van der Waals surface area contributed by atoms with Gasteiger partial charge in [-0.1, -0.05) is 0 Å². The zero-order chi connectivity index (χ0) is 16.2. The number of rotatable bonds is 6. The lowest BCUT2D eigenvalue weighted by Gasteiger charge is -2.17. The number of nitrogens with one attached hydrogen (secondary N) is 1. The Kier molecular flexibility index (Phi) is 5.60. The minimum Gasteiger partial charge on any atom is -0.465 e. The minimum atomic E-state index is -1.03. The van der Waals surface area contributed by atoms with Crippen LogP contribution in [-0.4, -0.2) is 35.3 Å². The molecule has 0 radical (unpaired) electrons. The van der Waals surface area contributed by atoms with E-state index in [1.807, 2.05) is 0 Å². The molecule has 116 valence electrons. The van der Waals surface area contributed by atoms with Gasteiger partial charge in [0.15, 0.2) is 0 Å². The molecule has 0 fully saturated rings. The second-order valence-electron chi connectivity index (χ2n) is 4.73. The van der Waals surface area contributed by atoms with Gasteiger partial charge >= 0.3 is 5.97 Å². The standard InChI is InChI=1S/C13H17FN2O5/c1-7(4-8(2)17)15-11-5-9(13(18)21-3)10(14)6-12(11)16(19)20/h5-8,15,17H,4H2,1-3H3. The van der Waals surface area contributed by atoms with E-state index >= 15 is 0 Å². The number of aliphatic hydroxyl groups is 1. The van der Waals surface area contributed by atoms with Crippen molar-refractivity contribution < 1.29 is 24.0 Å². The smallest absolute Gasteiger partial charge is 0.340 e. The number of hydrogen-bond donors (Lipinski definition) is 2. The van der Waals surface area contributed by atoms with Gasteiger partial charge in [0.05, 0.1) is 29.8 Å². The van der Waals surface area contributed by atoms with Gasteiger partial charge in [0.25, 0.3) is 5.69 Å². The van der Waals surface area contributed by atoms with Crippen LogP contribution in [0.1, 0.15) is 30.6 Å². The number of benzene rings is 1. The zero-order valence-electron chi connectivity index (χ0n) is 11.9. The molecule has 0 saturated carbocycles. The van der Waals surface area contributed by atoms with Crippen molar-refractivity contribution in [2.24, 2.45) is 0 Å². The highest BCUT2D eigenvalue weighted by atomic mass is 19.1. The molecule has 2 N–H and O–H groups in total. The van der Waals surface area contributed by atoms with Gasteiger partial charge in [-0.3, -0.25) is 10.1 Å². The van der Waals surface area contributed by atoms with E-state index in [9.17, 15) is 24.4 Å². The number of nitro groups is 1. The number of nitro benzene ring substituents is 1. The Bertz CT molecular complexity index is 548. The van der Waals surface area contributed by atoms with E-state index in [-0.39, 0.29) is 11.7 Å². The van der Waals surface area contributed by atoms with Crippen LogP contribution < -0.4 is 5.32 Å². The van der Waals surface area contributed by atoms with Gasteiger partial charge in [0.2, 0.25) is 0 Å². The number of carbonyl (C=O) groups is 1. The van der Waals surface area contributed by atoms with Crippen molar-refractivity contribution in [2.45, 2.75) is 32.4 Å². The predicted octanol–water partition coefficient (Wildman–Crippen LogP) is 2.09. The summed E-state index contributed by atoms with van der Waals surface area (Å²) in [5, 5.41) is 23.1. The van der Waals surface area contributed by atoms with Crippen LogP contribution in [0.2, 0.25) is 0 Å². The largest absolute Gasteiger partial charge is 0.465 e. The Morgan fingerprint density at radius 1 is 1.52 bits per heavy atom. The number of esters is 1. The molecule has 0 aromatic heterocycles. The summed E-state index contributed by atoms with van der Waals surface area (Å²) in [6.45, 7) is 3.29. The number of ether oxygens (including phenoxy) is 1. The highest BCUT2D eigenvalue weighted by Gasteiger charge is 2.23. The first-order chi connectivity index (χ1) is 9.76. The zero-order valence-corrected chi connectivity index (χ0v) is 11.9. The number of anilines is 1. The van der Waals surface area contributed by atoms with Gasteiger partial charge in [-0.25, -0.2) is 9.18 Å². The highest BCUT2D eigenvalue weighted by molar-refractivity contribution is 5.92. The molecule has 7 nitrogen and oxygen atoms in total. The molecular formula is C13H17FN2O5. The summed E-state index contributed by atoms with van der Waals surface area (Å²) >= 11 is 0. The van der Waals surface area contributed by atoms with Crippen LogP contribution in [0.4, 0.5) is 15.8 Å². The molecule has 0 aliphatic heterocycles. The number of aliphatic hydroxyl groups excluding tert-OH is 1. The van der Waals surface area contributed by atoms with E-state index in [4.69, 9.17) is 0 Å². The molecule has 2 unspecified atom stereocenters. The molecule has 1 rings (SSSR count). The average molecular weight is 300 g/mol. The summed E-state index contributed by atoms with van der Waals surface area (Å²) in [7, 11) is 1.09. The lowest BCUT2D eigenvalue weighted by atomic mass is 10.1. The first kappa shape index (κ1) is 16.8. The molecule has 0 heterocycles. The SMILES string of the molecule is COC(=O)c1cc(NC(C)CC(C)O)c([N+](=O)[O-])cc1F. The Morgan fingerprint density at radius 3 is 2.62 bits per heavy atom. The summed E-state index contributed by atoms with van der Waals surface area (Å²) in [6.07, 6.45) is -0.269. The van der Waals surface area contributed by atoms with E-state index in [2.05, 4.69) is 10.1 Å². The van der Waals surface area contributed by atoms with Gasteiger partial charge in [-0.2, -0.15) is 0 Å². The van der Waals surface area contributed by atoms with Crippen LogP contribution in [-0.2, 0) is 4.74 Å². The van der Waals surface area contributed by atoms with Gasteiger partial charge < -0.3 is 15.2 Å². The quantitative estimate of drug-likeness (QED) is 0.474. The van der Waals surface area contributed by atoms with Crippen LogP contribution in [0, 0.1) is 15.9 Å². The fourth-order valence-corrected chi connectivity index (χ4v) is 1.93. The van der Waals surface area contributed by atoms with Gasteiger partial charge in [-0.05, 0) is 26.3 Å². The molecule has 0 aliphatic rings. The second kappa shape index (κ2) is 6.98. The summed E-state index contributed by atoms with van der Waals surface area (Å²) in [4.78, 5) is 21.6. The van der Waals surface area contributed by atoms with Gasteiger partial charge in [-0.15, -0.1) is 0 Å². The molecule has 8 heteroatoms.